The lowest BCUT2D eigenvalue weighted by Gasteiger charge is -2.53. The molecule has 2 aliphatic heterocycles. The fraction of sp³-hybridized carbons (Fsp3) is 0.412. The molecular weight excluding hydrogens is 248 g/mol. The molecule has 1 aromatic heterocycles. The van der Waals surface area contributed by atoms with E-state index in [1.165, 1.54) is 27.7 Å². The van der Waals surface area contributed by atoms with Gasteiger partial charge in [0.1, 0.15) is 12.6 Å². The predicted octanol–water partition coefficient (Wildman–Crippen LogP) is 3.82. The Morgan fingerprint density at radius 1 is 1.35 bits per heavy atom. The Bertz CT molecular complexity index is 700. The van der Waals surface area contributed by atoms with E-state index < -0.39 is 0 Å². The third kappa shape index (κ3) is 1.60. The van der Waals surface area contributed by atoms with Crippen molar-refractivity contribution in [1.29, 1.82) is 0 Å². The van der Waals surface area contributed by atoms with E-state index in [1.807, 2.05) is 0 Å². The average Bonchev–Trinajstić information content (AvgIpc) is 2.84. The molecule has 0 saturated heterocycles. The van der Waals surface area contributed by atoms with Gasteiger partial charge in [-0.1, -0.05) is 31.2 Å². The van der Waals surface area contributed by atoms with Crippen LogP contribution in [0.2, 0.25) is 0 Å². The summed E-state index contributed by atoms with van der Waals surface area (Å²) in [5.41, 5.74) is 5.08. The number of nitrogens with zero attached hydrogens (tertiary/aromatic N) is 1. The third-order valence-corrected chi connectivity index (χ3v) is 5.04. The first kappa shape index (κ1) is 12.2. The van der Waals surface area contributed by atoms with Crippen LogP contribution in [-0.4, -0.2) is 22.7 Å². The van der Waals surface area contributed by atoms with Gasteiger partial charge in [0, 0.05) is 23.7 Å². The molecule has 0 fully saturated rings. The number of fused-ring (bicyclic) bond motifs is 5. The van der Waals surface area contributed by atoms with Crippen LogP contribution in [-0.2, 0) is 6.42 Å². The molecule has 0 aliphatic carbocycles. The lowest BCUT2D eigenvalue weighted by atomic mass is 9.90. The number of aromatic amines is 1. The number of nitrogens with one attached hydrogen (secondary N) is 1. The van der Waals surface area contributed by atoms with Gasteiger partial charge in [-0.05, 0) is 23.6 Å². The molecular formula is C17H20N2O. The monoisotopic (exact) mass is 268 g/mol. The standard InChI is InChI=1S/C17H20N2O/c1-2-12-7-8-16-17-14(9-10-19(16,20)11-12)13-5-3-4-6-15(13)18-17/h3-7,16,18H,2,8-11H2,1H3/t16-,19-/m0/s1. The van der Waals surface area contributed by atoms with E-state index in [9.17, 15) is 5.21 Å². The number of hydrogen-bond donors (Lipinski definition) is 1. The van der Waals surface area contributed by atoms with Crippen LogP contribution in [0.1, 0.15) is 37.1 Å². The van der Waals surface area contributed by atoms with Crippen molar-refractivity contribution in [3.05, 3.63) is 52.4 Å². The van der Waals surface area contributed by atoms with E-state index >= 15 is 0 Å². The van der Waals surface area contributed by atoms with Crippen LogP contribution in [0.5, 0.6) is 0 Å². The summed E-state index contributed by atoms with van der Waals surface area (Å²) in [6.45, 7) is 3.55. The maximum atomic E-state index is 13.2. The number of H-pyrrole nitrogens is 1. The van der Waals surface area contributed by atoms with E-state index in [4.69, 9.17) is 0 Å². The Labute approximate surface area is 119 Å². The number of aromatic nitrogens is 1. The predicted molar refractivity (Wildman–Crippen MR) is 81.1 cm³/mol. The number of hydroxylamine groups is 3. The highest BCUT2D eigenvalue weighted by Crippen LogP contribution is 2.43. The molecule has 1 aromatic carbocycles. The highest BCUT2D eigenvalue weighted by atomic mass is 16.5. The molecule has 0 spiro atoms. The molecule has 0 unspecified atom stereocenters. The van der Waals surface area contributed by atoms with E-state index in [0.717, 1.165) is 25.8 Å². The molecule has 4 rings (SSSR count). The van der Waals surface area contributed by atoms with Crippen LogP contribution >= 0.6 is 0 Å². The summed E-state index contributed by atoms with van der Waals surface area (Å²) >= 11 is 0. The van der Waals surface area contributed by atoms with Crippen molar-refractivity contribution in [2.75, 3.05) is 13.1 Å². The normalized spacial score (nSPS) is 28.9. The summed E-state index contributed by atoms with van der Waals surface area (Å²) in [7, 11) is 0. The fourth-order valence-corrected chi connectivity index (χ4v) is 3.91. The van der Waals surface area contributed by atoms with Crippen LogP contribution in [0.15, 0.2) is 35.9 Å². The van der Waals surface area contributed by atoms with E-state index in [0.29, 0.717) is 6.54 Å². The van der Waals surface area contributed by atoms with Crippen molar-refractivity contribution in [2.24, 2.45) is 0 Å². The van der Waals surface area contributed by atoms with Crippen LogP contribution in [0.25, 0.3) is 10.9 Å². The van der Waals surface area contributed by atoms with Gasteiger partial charge in [0.05, 0.1) is 12.2 Å². The molecule has 104 valence electrons. The van der Waals surface area contributed by atoms with E-state index in [2.05, 4.69) is 42.2 Å². The van der Waals surface area contributed by atoms with Gasteiger partial charge >= 0.3 is 0 Å². The Hall–Kier alpha value is -1.58. The SMILES string of the molecule is CCC1=CC[C@H]2c3[nH]c4ccccc4c3CC[N@+]2([O-])C1. The van der Waals surface area contributed by atoms with Gasteiger partial charge in [-0.3, -0.25) is 0 Å². The molecule has 1 N–H and O–H groups in total. The quantitative estimate of drug-likeness (QED) is 0.476. The molecule has 20 heavy (non-hydrogen) atoms. The molecule has 3 nitrogen and oxygen atoms in total. The first-order chi connectivity index (χ1) is 9.71. The Morgan fingerprint density at radius 2 is 2.20 bits per heavy atom. The summed E-state index contributed by atoms with van der Waals surface area (Å²) in [5, 5.41) is 14.5. The van der Waals surface area contributed by atoms with Gasteiger partial charge in [-0.15, -0.1) is 0 Å². The molecule has 2 aliphatic rings. The van der Waals surface area contributed by atoms with Gasteiger partial charge in [0.25, 0.3) is 0 Å². The van der Waals surface area contributed by atoms with Gasteiger partial charge in [-0.2, -0.15) is 0 Å². The first-order valence-electron chi connectivity index (χ1n) is 7.56. The molecule has 0 bridgehead atoms. The second kappa shape index (κ2) is 4.21. The minimum Gasteiger partial charge on any atom is -0.632 e. The summed E-state index contributed by atoms with van der Waals surface area (Å²) in [5.74, 6) is 0. The van der Waals surface area contributed by atoms with Crippen LogP contribution in [0.3, 0.4) is 0 Å². The molecule has 0 amide bonds. The smallest absolute Gasteiger partial charge is 0.133 e. The Balaban J connectivity index is 1.86. The van der Waals surface area contributed by atoms with Crippen molar-refractivity contribution < 1.29 is 4.65 Å². The lowest BCUT2D eigenvalue weighted by Crippen LogP contribution is -2.52. The molecule has 0 saturated carbocycles. The van der Waals surface area contributed by atoms with Crippen molar-refractivity contribution >= 4 is 10.9 Å². The molecule has 3 heteroatoms. The summed E-state index contributed by atoms with van der Waals surface area (Å²) in [4.78, 5) is 3.53. The second-order valence-corrected chi connectivity index (χ2v) is 6.11. The molecule has 0 radical (unpaired) electrons. The van der Waals surface area contributed by atoms with Crippen molar-refractivity contribution in [2.45, 2.75) is 32.2 Å². The third-order valence-electron chi connectivity index (χ3n) is 5.04. The zero-order valence-electron chi connectivity index (χ0n) is 11.9. The molecule has 2 aromatic rings. The first-order valence-corrected chi connectivity index (χ1v) is 7.56. The summed E-state index contributed by atoms with van der Waals surface area (Å²) < 4.78 is -0.0561. The molecule has 3 heterocycles. The van der Waals surface area contributed by atoms with Crippen LogP contribution in [0.4, 0.5) is 0 Å². The topological polar surface area (TPSA) is 38.8 Å². The highest BCUT2D eigenvalue weighted by Gasteiger charge is 2.40. The molecule has 2 atom stereocenters. The van der Waals surface area contributed by atoms with Crippen molar-refractivity contribution in [3.8, 4) is 0 Å². The summed E-state index contributed by atoms with van der Waals surface area (Å²) in [6, 6.07) is 8.50. The minimum atomic E-state index is -0.0561. The minimum absolute atomic E-state index is 0.0561. The zero-order chi connectivity index (χ0) is 13.7. The fourth-order valence-electron chi connectivity index (χ4n) is 3.91. The number of rotatable bonds is 1. The summed E-state index contributed by atoms with van der Waals surface area (Å²) in [6.07, 6.45) is 5.08. The Morgan fingerprint density at radius 3 is 3.05 bits per heavy atom. The van der Waals surface area contributed by atoms with E-state index in [-0.39, 0.29) is 10.7 Å². The number of quaternary nitrogens is 1. The highest BCUT2D eigenvalue weighted by molar-refractivity contribution is 5.85. The number of hydrogen-bond acceptors (Lipinski definition) is 1. The van der Waals surface area contributed by atoms with Gasteiger partial charge in [0.2, 0.25) is 0 Å². The van der Waals surface area contributed by atoms with E-state index in [1.54, 1.807) is 0 Å². The van der Waals surface area contributed by atoms with Crippen molar-refractivity contribution in [1.82, 2.24) is 4.98 Å². The lowest BCUT2D eigenvalue weighted by molar-refractivity contribution is -0.911. The van der Waals surface area contributed by atoms with Crippen LogP contribution < -0.4 is 0 Å². The zero-order valence-corrected chi connectivity index (χ0v) is 11.9. The maximum absolute atomic E-state index is 13.2. The number of para-hydroxylation sites is 1. The maximum Gasteiger partial charge on any atom is 0.133 e. The van der Waals surface area contributed by atoms with Gasteiger partial charge < -0.3 is 14.8 Å². The van der Waals surface area contributed by atoms with Crippen molar-refractivity contribution in [3.63, 3.8) is 0 Å². The average molecular weight is 268 g/mol. The number of benzene rings is 1. The van der Waals surface area contributed by atoms with Gasteiger partial charge in [-0.25, -0.2) is 0 Å². The Kier molecular flexibility index (Phi) is 2.56. The van der Waals surface area contributed by atoms with Crippen LogP contribution in [0, 0.1) is 5.21 Å². The largest absolute Gasteiger partial charge is 0.632 e. The second-order valence-electron chi connectivity index (χ2n) is 6.11. The van der Waals surface area contributed by atoms with Gasteiger partial charge in [0.15, 0.2) is 0 Å².